The van der Waals surface area contributed by atoms with Crippen LogP contribution in [0.5, 0.6) is 0 Å². The molecule has 7 heteroatoms. The molecule has 0 unspecified atom stereocenters. The first-order chi connectivity index (χ1) is 9.61. The van der Waals surface area contributed by atoms with Crippen LogP contribution < -0.4 is 5.56 Å². The summed E-state index contributed by atoms with van der Waals surface area (Å²) in [4.78, 5) is 21.9. The quantitative estimate of drug-likeness (QED) is 0.653. The van der Waals surface area contributed by atoms with E-state index in [1.165, 1.54) is 28.9 Å². The Kier molecular flexibility index (Phi) is 4.21. The van der Waals surface area contributed by atoms with Crippen molar-refractivity contribution in [1.29, 1.82) is 0 Å². The third kappa shape index (κ3) is 3.07. The summed E-state index contributed by atoms with van der Waals surface area (Å²) in [6.45, 7) is 0.271. The van der Waals surface area contributed by atoms with E-state index >= 15 is 0 Å². The summed E-state index contributed by atoms with van der Waals surface area (Å²) in [5.41, 5.74) is 0.744. The average molecular weight is 275 g/mol. The number of benzene rings is 1. The van der Waals surface area contributed by atoms with Gasteiger partial charge in [-0.25, -0.2) is 4.68 Å². The number of nitro benzene ring substituents is 1. The van der Waals surface area contributed by atoms with Crippen molar-refractivity contribution in [3.63, 3.8) is 0 Å². The number of hydrogen-bond donors (Lipinski definition) is 1. The summed E-state index contributed by atoms with van der Waals surface area (Å²) in [5, 5.41) is 23.7. The zero-order valence-corrected chi connectivity index (χ0v) is 10.6. The molecule has 2 aromatic rings. The van der Waals surface area contributed by atoms with Crippen LogP contribution >= 0.6 is 0 Å². The van der Waals surface area contributed by atoms with Gasteiger partial charge >= 0.3 is 0 Å². The van der Waals surface area contributed by atoms with Crippen LogP contribution in [0.4, 0.5) is 5.69 Å². The number of aryl methyl sites for hydroxylation is 1. The molecule has 0 spiro atoms. The van der Waals surface area contributed by atoms with Gasteiger partial charge in [0, 0.05) is 36.9 Å². The number of hydrogen-bond acceptors (Lipinski definition) is 5. The van der Waals surface area contributed by atoms with Crippen molar-refractivity contribution in [3.8, 4) is 11.3 Å². The Balaban J connectivity index is 2.40. The van der Waals surface area contributed by atoms with Crippen molar-refractivity contribution in [3.05, 3.63) is 56.9 Å². The van der Waals surface area contributed by atoms with Crippen LogP contribution in [0.1, 0.15) is 6.42 Å². The molecule has 0 amide bonds. The molecule has 1 aromatic heterocycles. The molecule has 1 N–H and O–H groups in total. The van der Waals surface area contributed by atoms with E-state index in [0.717, 1.165) is 0 Å². The highest BCUT2D eigenvalue weighted by Gasteiger charge is 2.09. The minimum Gasteiger partial charge on any atom is -0.396 e. The smallest absolute Gasteiger partial charge is 0.270 e. The van der Waals surface area contributed by atoms with Crippen LogP contribution in [0, 0.1) is 10.1 Å². The normalized spacial score (nSPS) is 10.4. The second-order valence-corrected chi connectivity index (χ2v) is 4.16. The molecule has 0 aliphatic carbocycles. The van der Waals surface area contributed by atoms with Gasteiger partial charge in [-0.15, -0.1) is 0 Å². The number of nitrogens with zero attached hydrogens (tertiary/aromatic N) is 3. The monoisotopic (exact) mass is 275 g/mol. The van der Waals surface area contributed by atoms with Gasteiger partial charge in [-0.3, -0.25) is 14.9 Å². The van der Waals surface area contributed by atoms with E-state index in [1.807, 2.05) is 0 Å². The maximum atomic E-state index is 11.6. The van der Waals surface area contributed by atoms with E-state index in [9.17, 15) is 14.9 Å². The third-order valence-corrected chi connectivity index (χ3v) is 2.75. The standard InChI is InChI=1S/C13H13N3O4/c17-8-2-7-15-13(18)6-5-12(14-15)10-3-1-4-11(9-10)16(19)20/h1,3-6,9,17H,2,7-8H2. The summed E-state index contributed by atoms with van der Waals surface area (Å²) < 4.78 is 1.24. The maximum Gasteiger partial charge on any atom is 0.270 e. The second-order valence-electron chi connectivity index (χ2n) is 4.16. The first kappa shape index (κ1) is 13.9. The predicted octanol–water partition coefficient (Wildman–Crippen LogP) is 1.20. The molecule has 0 bridgehead atoms. The lowest BCUT2D eigenvalue weighted by molar-refractivity contribution is -0.384. The zero-order valence-electron chi connectivity index (χ0n) is 10.6. The molecule has 1 aromatic carbocycles. The first-order valence-corrected chi connectivity index (χ1v) is 6.05. The van der Waals surface area contributed by atoms with Crippen molar-refractivity contribution < 1.29 is 10.0 Å². The molecule has 2 rings (SSSR count). The molecular formula is C13H13N3O4. The second kappa shape index (κ2) is 6.07. The highest BCUT2D eigenvalue weighted by Crippen LogP contribution is 2.21. The lowest BCUT2D eigenvalue weighted by atomic mass is 10.1. The predicted molar refractivity (Wildman–Crippen MR) is 72.3 cm³/mol. The SMILES string of the molecule is O=c1ccc(-c2cccc([N+](=O)[O-])c2)nn1CCCO. The topological polar surface area (TPSA) is 98.3 Å². The Morgan fingerprint density at radius 3 is 2.80 bits per heavy atom. The molecule has 7 nitrogen and oxygen atoms in total. The summed E-state index contributed by atoms with van der Waals surface area (Å²) in [6, 6.07) is 8.94. The fraction of sp³-hybridized carbons (Fsp3) is 0.231. The van der Waals surface area contributed by atoms with Crippen molar-refractivity contribution in [1.82, 2.24) is 9.78 Å². The molecule has 0 aliphatic rings. The molecule has 0 aliphatic heterocycles. The van der Waals surface area contributed by atoms with E-state index in [0.29, 0.717) is 24.2 Å². The van der Waals surface area contributed by atoms with Gasteiger partial charge in [0.2, 0.25) is 0 Å². The lowest BCUT2D eigenvalue weighted by Crippen LogP contribution is -2.22. The number of aliphatic hydroxyl groups excluding tert-OH is 1. The van der Waals surface area contributed by atoms with Gasteiger partial charge in [0.1, 0.15) is 0 Å². The number of nitro groups is 1. The minimum absolute atomic E-state index is 0.0302. The molecule has 20 heavy (non-hydrogen) atoms. The molecule has 0 atom stereocenters. The molecule has 1 heterocycles. The van der Waals surface area contributed by atoms with E-state index in [2.05, 4.69) is 5.10 Å². The van der Waals surface area contributed by atoms with Gasteiger partial charge < -0.3 is 5.11 Å². The third-order valence-electron chi connectivity index (χ3n) is 2.75. The van der Waals surface area contributed by atoms with Crippen LogP contribution in [-0.4, -0.2) is 26.4 Å². The van der Waals surface area contributed by atoms with Gasteiger partial charge in [0.05, 0.1) is 10.6 Å². The maximum absolute atomic E-state index is 11.6. The van der Waals surface area contributed by atoms with Crippen molar-refractivity contribution >= 4 is 5.69 Å². The van der Waals surface area contributed by atoms with E-state index < -0.39 is 4.92 Å². The summed E-state index contributed by atoms with van der Waals surface area (Å²) in [5.74, 6) is 0. The fourth-order valence-corrected chi connectivity index (χ4v) is 1.76. The number of non-ortho nitro benzene ring substituents is 1. The number of aromatic nitrogens is 2. The van der Waals surface area contributed by atoms with Crippen LogP contribution in [0.2, 0.25) is 0 Å². The number of rotatable bonds is 5. The van der Waals surface area contributed by atoms with Gasteiger partial charge in [0.25, 0.3) is 11.2 Å². The largest absolute Gasteiger partial charge is 0.396 e. The molecule has 0 fully saturated rings. The summed E-state index contributed by atoms with van der Waals surface area (Å²) in [6.07, 6.45) is 0.422. The van der Waals surface area contributed by atoms with Crippen LogP contribution in [0.3, 0.4) is 0 Å². The van der Waals surface area contributed by atoms with E-state index in [-0.39, 0.29) is 17.9 Å². The van der Waals surface area contributed by atoms with Gasteiger partial charge in [0.15, 0.2) is 0 Å². The summed E-state index contributed by atoms with van der Waals surface area (Å²) >= 11 is 0. The zero-order chi connectivity index (χ0) is 14.5. The highest BCUT2D eigenvalue weighted by molar-refractivity contribution is 5.61. The van der Waals surface area contributed by atoms with Crippen LogP contribution in [-0.2, 0) is 6.54 Å². The van der Waals surface area contributed by atoms with Gasteiger partial charge in [-0.05, 0) is 12.5 Å². The minimum atomic E-state index is -0.481. The van der Waals surface area contributed by atoms with E-state index in [4.69, 9.17) is 5.11 Å². The van der Waals surface area contributed by atoms with Crippen molar-refractivity contribution in [2.45, 2.75) is 13.0 Å². The van der Waals surface area contributed by atoms with Gasteiger partial charge in [-0.2, -0.15) is 5.10 Å². The van der Waals surface area contributed by atoms with Crippen LogP contribution in [0.15, 0.2) is 41.2 Å². The Bertz CT molecular complexity index is 681. The Morgan fingerprint density at radius 2 is 2.10 bits per heavy atom. The summed E-state index contributed by atoms with van der Waals surface area (Å²) in [7, 11) is 0. The van der Waals surface area contributed by atoms with Crippen molar-refractivity contribution in [2.24, 2.45) is 0 Å². The molecule has 0 saturated heterocycles. The van der Waals surface area contributed by atoms with E-state index in [1.54, 1.807) is 12.1 Å². The Morgan fingerprint density at radius 1 is 1.30 bits per heavy atom. The van der Waals surface area contributed by atoms with Crippen LogP contribution in [0.25, 0.3) is 11.3 Å². The Labute approximate surface area is 114 Å². The Hall–Kier alpha value is -2.54. The molecule has 104 valence electrons. The molecular weight excluding hydrogens is 262 g/mol. The van der Waals surface area contributed by atoms with Gasteiger partial charge in [-0.1, -0.05) is 12.1 Å². The lowest BCUT2D eigenvalue weighted by Gasteiger charge is -2.06. The first-order valence-electron chi connectivity index (χ1n) is 6.05. The molecule has 0 radical (unpaired) electrons. The van der Waals surface area contributed by atoms with Crippen molar-refractivity contribution in [2.75, 3.05) is 6.61 Å². The fourth-order valence-electron chi connectivity index (χ4n) is 1.76. The number of aliphatic hydroxyl groups is 1. The highest BCUT2D eigenvalue weighted by atomic mass is 16.6. The average Bonchev–Trinajstić information content (AvgIpc) is 2.46. The molecule has 0 saturated carbocycles.